The standard InChI is InChI=1S/C5H10N2O2.C2H6N2O/c6-3-4(8)1-2-5(7)9;3-1-2(4)5/h1-3,6H2,(H2,7,9);1,3H2,(H2,4,5). The van der Waals surface area contributed by atoms with E-state index in [1.807, 2.05) is 0 Å². The first-order chi connectivity index (χ1) is 6.43. The Kier molecular flexibility index (Phi) is 10.3. The molecular weight excluding hydrogens is 188 g/mol. The Labute approximate surface area is 81.8 Å². The van der Waals surface area contributed by atoms with Crippen LogP contribution in [0.3, 0.4) is 0 Å². The highest BCUT2D eigenvalue weighted by atomic mass is 16.1. The van der Waals surface area contributed by atoms with E-state index in [2.05, 4.69) is 5.73 Å². The van der Waals surface area contributed by atoms with Crippen LogP contribution in [0, 0.1) is 0 Å². The predicted octanol–water partition coefficient (Wildman–Crippen LogP) is -2.79. The normalized spacial score (nSPS) is 8.43. The molecule has 0 unspecified atom stereocenters. The van der Waals surface area contributed by atoms with Gasteiger partial charge in [-0.15, -0.1) is 0 Å². The van der Waals surface area contributed by atoms with Crippen molar-refractivity contribution >= 4 is 17.6 Å². The second-order valence-corrected chi connectivity index (χ2v) is 2.38. The summed E-state index contributed by atoms with van der Waals surface area (Å²) in [6.07, 6.45) is 0.280. The molecule has 0 heterocycles. The van der Waals surface area contributed by atoms with Crippen molar-refractivity contribution in [2.75, 3.05) is 13.1 Å². The molecule has 7 nitrogen and oxygen atoms in total. The van der Waals surface area contributed by atoms with Gasteiger partial charge in [0.25, 0.3) is 0 Å². The van der Waals surface area contributed by atoms with Gasteiger partial charge in [-0.2, -0.15) is 0 Å². The fourth-order valence-corrected chi connectivity index (χ4v) is 0.365. The topological polar surface area (TPSA) is 155 Å². The summed E-state index contributed by atoms with van der Waals surface area (Å²) in [5, 5.41) is 0. The summed E-state index contributed by atoms with van der Waals surface area (Å²) in [6, 6.07) is 0. The van der Waals surface area contributed by atoms with Crippen molar-refractivity contribution in [3.05, 3.63) is 0 Å². The van der Waals surface area contributed by atoms with Crippen molar-refractivity contribution in [2.24, 2.45) is 22.9 Å². The van der Waals surface area contributed by atoms with Crippen molar-refractivity contribution in [1.82, 2.24) is 0 Å². The molecule has 0 aromatic rings. The summed E-state index contributed by atoms with van der Waals surface area (Å²) in [5.74, 6) is -1.06. The molecular formula is C7H16N4O3. The van der Waals surface area contributed by atoms with Crippen LogP contribution < -0.4 is 22.9 Å². The molecule has 0 saturated carbocycles. The van der Waals surface area contributed by atoms with Gasteiger partial charge >= 0.3 is 0 Å². The van der Waals surface area contributed by atoms with Gasteiger partial charge < -0.3 is 22.9 Å². The van der Waals surface area contributed by atoms with Crippen LogP contribution in [0.2, 0.25) is 0 Å². The van der Waals surface area contributed by atoms with Crippen LogP contribution in [-0.4, -0.2) is 30.7 Å². The van der Waals surface area contributed by atoms with Crippen molar-refractivity contribution < 1.29 is 14.4 Å². The number of carbonyl (C=O) groups excluding carboxylic acids is 3. The van der Waals surface area contributed by atoms with Gasteiger partial charge in [0.2, 0.25) is 11.8 Å². The molecule has 0 aromatic carbocycles. The van der Waals surface area contributed by atoms with E-state index in [4.69, 9.17) is 17.2 Å². The first kappa shape index (κ1) is 15.0. The highest BCUT2D eigenvalue weighted by Crippen LogP contribution is 1.86. The minimum Gasteiger partial charge on any atom is -0.370 e. The summed E-state index contributed by atoms with van der Waals surface area (Å²) in [7, 11) is 0. The van der Waals surface area contributed by atoms with E-state index in [1.54, 1.807) is 0 Å². The maximum Gasteiger partial charge on any atom is 0.231 e. The highest BCUT2D eigenvalue weighted by Gasteiger charge is 1.99. The molecule has 0 spiro atoms. The van der Waals surface area contributed by atoms with Crippen LogP contribution in [0.15, 0.2) is 0 Å². The second-order valence-electron chi connectivity index (χ2n) is 2.38. The zero-order chi connectivity index (χ0) is 11.6. The van der Waals surface area contributed by atoms with Crippen LogP contribution in [0.25, 0.3) is 0 Å². The van der Waals surface area contributed by atoms with Gasteiger partial charge in [-0.25, -0.2) is 0 Å². The SMILES string of the molecule is NCC(=O)CCC(N)=O.NCC(N)=O. The average Bonchev–Trinajstić information content (AvgIpc) is 2.14. The van der Waals surface area contributed by atoms with Crippen LogP contribution in [0.4, 0.5) is 0 Å². The number of hydrogen-bond donors (Lipinski definition) is 4. The Morgan fingerprint density at radius 2 is 1.21 bits per heavy atom. The number of carbonyl (C=O) groups is 3. The van der Waals surface area contributed by atoms with Gasteiger partial charge in [0.05, 0.1) is 13.1 Å². The van der Waals surface area contributed by atoms with Crippen molar-refractivity contribution in [2.45, 2.75) is 12.8 Å². The molecule has 0 bridgehead atoms. The van der Waals surface area contributed by atoms with E-state index < -0.39 is 11.8 Å². The third-order valence-corrected chi connectivity index (χ3v) is 1.08. The molecule has 8 N–H and O–H groups in total. The van der Waals surface area contributed by atoms with Gasteiger partial charge in [-0.1, -0.05) is 0 Å². The lowest BCUT2D eigenvalue weighted by Crippen LogP contribution is -2.21. The Balaban J connectivity index is 0. The molecule has 0 aliphatic heterocycles. The first-order valence-electron chi connectivity index (χ1n) is 3.92. The van der Waals surface area contributed by atoms with Crippen molar-refractivity contribution in [1.29, 1.82) is 0 Å². The summed E-state index contributed by atoms with van der Waals surface area (Å²) >= 11 is 0. The lowest BCUT2D eigenvalue weighted by atomic mass is 10.2. The van der Waals surface area contributed by atoms with Crippen LogP contribution in [0.1, 0.15) is 12.8 Å². The van der Waals surface area contributed by atoms with Crippen LogP contribution in [0.5, 0.6) is 0 Å². The number of primary amides is 2. The van der Waals surface area contributed by atoms with E-state index in [0.29, 0.717) is 0 Å². The molecule has 7 heteroatoms. The first-order valence-corrected chi connectivity index (χ1v) is 3.92. The molecule has 0 aliphatic carbocycles. The predicted molar refractivity (Wildman–Crippen MR) is 50.7 cm³/mol. The fourth-order valence-electron chi connectivity index (χ4n) is 0.365. The van der Waals surface area contributed by atoms with Gasteiger partial charge in [0, 0.05) is 12.8 Å². The summed E-state index contributed by atoms with van der Waals surface area (Å²) in [4.78, 5) is 29.9. The molecule has 2 amide bonds. The van der Waals surface area contributed by atoms with E-state index in [9.17, 15) is 14.4 Å². The quantitative estimate of drug-likeness (QED) is 0.381. The Morgan fingerprint density at radius 3 is 1.43 bits per heavy atom. The van der Waals surface area contributed by atoms with Gasteiger partial charge in [0.1, 0.15) is 5.78 Å². The minimum absolute atomic E-state index is 0.00667. The Morgan fingerprint density at radius 1 is 0.786 bits per heavy atom. The summed E-state index contributed by atoms with van der Waals surface area (Å²) in [5.41, 5.74) is 18.9. The fraction of sp³-hybridized carbons (Fsp3) is 0.571. The molecule has 0 radical (unpaired) electrons. The Bertz CT molecular complexity index is 205. The van der Waals surface area contributed by atoms with Gasteiger partial charge in [0.15, 0.2) is 0 Å². The highest BCUT2D eigenvalue weighted by molar-refractivity contribution is 5.85. The summed E-state index contributed by atoms with van der Waals surface area (Å²) in [6.45, 7) is -0.0622. The summed E-state index contributed by atoms with van der Waals surface area (Å²) < 4.78 is 0. The van der Waals surface area contributed by atoms with Crippen LogP contribution in [-0.2, 0) is 14.4 Å². The van der Waals surface area contributed by atoms with E-state index in [1.165, 1.54) is 0 Å². The molecule has 0 aromatic heterocycles. The van der Waals surface area contributed by atoms with Crippen LogP contribution >= 0.6 is 0 Å². The number of hydrogen-bond acceptors (Lipinski definition) is 5. The van der Waals surface area contributed by atoms with Crippen molar-refractivity contribution in [3.63, 3.8) is 0 Å². The van der Waals surface area contributed by atoms with Gasteiger partial charge in [-0.3, -0.25) is 14.4 Å². The van der Waals surface area contributed by atoms with E-state index >= 15 is 0 Å². The molecule has 82 valence electrons. The third-order valence-electron chi connectivity index (χ3n) is 1.08. The minimum atomic E-state index is -0.468. The zero-order valence-corrected chi connectivity index (χ0v) is 7.86. The smallest absolute Gasteiger partial charge is 0.231 e. The van der Waals surface area contributed by atoms with E-state index in [-0.39, 0.29) is 31.7 Å². The number of amides is 2. The molecule has 0 rings (SSSR count). The van der Waals surface area contributed by atoms with Crippen molar-refractivity contribution in [3.8, 4) is 0 Å². The molecule has 0 aliphatic rings. The lowest BCUT2D eigenvalue weighted by Gasteiger charge is -1.91. The van der Waals surface area contributed by atoms with E-state index in [0.717, 1.165) is 0 Å². The third kappa shape index (κ3) is 16.9. The monoisotopic (exact) mass is 204 g/mol. The lowest BCUT2D eigenvalue weighted by molar-refractivity contribution is -0.123. The molecule has 0 atom stereocenters. The van der Waals surface area contributed by atoms with Gasteiger partial charge in [-0.05, 0) is 0 Å². The maximum absolute atomic E-state index is 10.4. The Hall–Kier alpha value is -1.47. The molecule has 0 fully saturated rings. The second kappa shape index (κ2) is 9.62. The number of rotatable bonds is 5. The number of ketones is 1. The number of Topliss-reactive ketones (excluding diaryl/α,β-unsaturated/α-hetero) is 1. The average molecular weight is 204 g/mol. The number of nitrogens with two attached hydrogens (primary N) is 4. The largest absolute Gasteiger partial charge is 0.370 e. The maximum atomic E-state index is 10.4. The molecule has 14 heavy (non-hydrogen) atoms. The zero-order valence-electron chi connectivity index (χ0n) is 7.86. The molecule has 0 saturated heterocycles.